The van der Waals surface area contributed by atoms with E-state index >= 15 is 0 Å². The van der Waals surface area contributed by atoms with E-state index in [4.69, 9.17) is 9.47 Å². The number of carbonyl (C=O) groups excluding carboxylic acids is 1. The summed E-state index contributed by atoms with van der Waals surface area (Å²) in [6.45, 7) is 0. The lowest BCUT2D eigenvalue weighted by atomic mass is 10.2. The molecular formula is C23H19FN4O3. The van der Waals surface area contributed by atoms with Gasteiger partial charge in [0.05, 0.1) is 19.7 Å². The lowest BCUT2D eigenvalue weighted by molar-refractivity contribution is 0.102. The molecule has 4 aromatic rings. The first-order valence-corrected chi connectivity index (χ1v) is 9.38. The van der Waals surface area contributed by atoms with Crippen molar-refractivity contribution in [3.05, 3.63) is 78.4 Å². The van der Waals surface area contributed by atoms with Crippen LogP contribution in [0.25, 0.3) is 10.9 Å². The zero-order chi connectivity index (χ0) is 21.8. The highest BCUT2D eigenvalue weighted by atomic mass is 19.1. The molecule has 0 bridgehead atoms. The summed E-state index contributed by atoms with van der Waals surface area (Å²) in [6.07, 6.45) is 1.46. The lowest BCUT2D eigenvalue weighted by Crippen LogP contribution is -2.11. The van der Waals surface area contributed by atoms with E-state index in [0.717, 1.165) is 11.1 Å². The zero-order valence-corrected chi connectivity index (χ0v) is 16.8. The minimum Gasteiger partial charge on any atom is -0.493 e. The zero-order valence-electron chi connectivity index (χ0n) is 16.8. The number of hydrogen-bond acceptors (Lipinski definition) is 6. The number of nitrogens with zero attached hydrogens (tertiary/aromatic N) is 2. The van der Waals surface area contributed by atoms with Crippen molar-refractivity contribution in [2.24, 2.45) is 0 Å². The van der Waals surface area contributed by atoms with Gasteiger partial charge in [-0.15, -0.1) is 0 Å². The number of halogens is 1. The Labute approximate surface area is 177 Å². The average Bonchev–Trinajstić information content (AvgIpc) is 2.79. The number of methoxy groups -OCH3 is 2. The third kappa shape index (κ3) is 4.37. The van der Waals surface area contributed by atoms with Crippen molar-refractivity contribution in [2.75, 3.05) is 24.9 Å². The third-order valence-electron chi connectivity index (χ3n) is 4.63. The van der Waals surface area contributed by atoms with E-state index in [2.05, 4.69) is 20.6 Å². The molecule has 0 radical (unpaired) electrons. The van der Waals surface area contributed by atoms with Gasteiger partial charge in [0.2, 0.25) is 0 Å². The normalized spacial score (nSPS) is 10.5. The number of fused-ring (bicyclic) bond motifs is 1. The van der Waals surface area contributed by atoms with Crippen molar-refractivity contribution in [1.82, 2.24) is 9.97 Å². The van der Waals surface area contributed by atoms with Crippen LogP contribution in [0.15, 0.2) is 67.0 Å². The van der Waals surface area contributed by atoms with E-state index in [-0.39, 0.29) is 11.5 Å². The summed E-state index contributed by atoms with van der Waals surface area (Å²) < 4.78 is 24.0. The Balaban J connectivity index is 1.54. The van der Waals surface area contributed by atoms with Crippen LogP contribution in [0, 0.1) is 5.82 Å². The summed E-state index contributed by atoms with van der Waals surface area (Å²) in [7, 11) is 3.14. The predicted molar refractivity (Wildman–Crippen MR) is 117 cm³/mol. The first kappa shape index (κ1) is 20.1. The van der Waals surface area contributed by atoms with Gasteiger partial charge in [-0.3, -0.25) is 4.79 Å². The van der Waals surface area contributed by atoms with Crippen LogP contribution < -0.4 is 20.1 Å². The van der Waals surface area contributed by atoms with Crippen LogP contribution in [0.4, 0.5) is 21.6 Å². The molecular weight excluding hydrogens is 399 g/mol. The molecule has 1 amide bonds. The van der Waals surface area contributed by atoms with Gasteiger partial charge in [-0.1, -0.05) is 6.07 Å². The molecule has 0 aliphatic rings. The van der Waals surface area contributed by atoms with Gasteiger partial charge in [0.25, 0.3) is 5.91 Å². The highest BCUT2D eigenvalue weighted by molar-refractivity contribution is 6.04. The van der Waals surface area contributed by atoms with Crippen LogP contribution in [-0.2, 0) is 0 Å². The van der Waals surface area contributed by atoms with E-state index in [9.17, 15) is 9.18 Å². The van der Waals surface area contributed by atoms with Crippen molar-refractivity contribution in [1.29, 1.82) is 0 Å². The fourth-order valence-corrected chi connectivity index (χ4v) is 3.09. The van der Waals surface area contributed by atoms with Gasteiger partial charge < -0.3 is 20.1 Å². The summed E-state index contributed by atoms with van der Waals surface area (Å²) in [5.74, 6) is 0.908. The summed E-state index contributed by atoms with van der Waals surface area (Å²) in [5, 5.41) is 6.76. The second-order valence-electron chi connectivity index (χ2n) is 6.61. The van der Waals surface area contributed by atoms with E-state index < -0.39 is 5.82 Å². The maximum absolute atomic E-state index is 13.3. The van der Waals surface area contributed by atoms with Crippen molar-refractivity contribution >= 4 is 34.0 Å². The number of ether oxygens (including phenoxy) is 2. The van der Waals surface area contributed by atoms with E-state index in [1.165, 1.54) is 24.5 Å². The van der Waals surface area contributed by atoms with Crippen LogP contribution in [0.2, 0.25) is 0 Å². The molecule has 0 aliphatic carbocycles. The Kier molecular flexibility index (Phi) is 5.61. The molecule has 156 valence electrons. The molecule has 7 nitrogen and oxygen atoms in total. The Morgan fingerprint density at radius 1 is 0.903 bits per heavy atom. The van der Waals surface area contributed by atoms with E-state index in [1.807, 2.05) is 6.07 Å². The second-order valence-corrected chi connectivity index (χ2v) is 6.61. The van der Waals surface area contributed by atoms with Crippen molar-refractivity contribution in [3.63, 3.8) is 0 Å². The minimum atomic E-state index is -0.460. The van der Waals surface area contributed by atoms with Gasteiger partial charge in [0.1, 0.15) is 18.0 Å². The smallest absolute Gasteiger partial charge is 0.255 e. The first-order valence-electron chi connectivity index (χ1n) is 9.38. The Morgan fingerprint density at radius 3 is 2.32 bits per heavy atom. The standard InChI is InChI=1S/C23H19FN4O3/c1-30-20-11-18-19(12-21(20)31-2)25-13-26-22(18)27-16-6-8-17(9-7-16)28-23(29)14-4-3-5-15(24)10-14/h3-13H,1-2H3,(H,28,29)(H,25,26,27). The van der Waals surface area contributed by atoms with Crippen LogP contribution in [-0.4, -0.2) is 30.1 Å². The van der Waals surface area contributed by atoms with Gasteiger partial charge in [0, 0.05) is 28.4 Å². The van der Waals surface area contributed by atoms with Gasteiger partial charge >= 0.3 is 0 Å². The third-order valence-corrected chi connectivity index (χ3v) is 4.63. The number of hydrogen-bond donors (Lipinski definition) is 2. The largest absolute Gasteiger partial charge is 0.493 e. The molecule has 31 heavy (non-hydrogen) atoms. The number of nitrogens with one attached hydrogen (secondary N) is 2. The molecule has 2 N–H and O–H groups in total. The number of anilines is 3. The molecule has 1 aromatic heterocycles. The predicted octanol–water partition coefficient (Wildman–Crippen LogP) is 4.78. The van der Waals surface area contributed by atoms with Crippen LogP contribution >= 0.6 is 0 Å². The van der Waals surface area contributed by atoms with E-state index in [0.29, 0.717) is 28.5 Å². The monoisotopic (exact) mass is 418 g/mol. The topological polar surface area (TPSA) is 85.4 Å². The summed E-state index contributed by atoms with van der Waals surface area (Å²) >= 11 is 0. The van der Waals surface area contributed by atoms with Gasteiger partial charge in [-0.2, -0.15) is 0 Å². The van der Waals surface area contributed by atoms with Crippen LogP contribution in [0.5, 0.6) is 11.5 Å². The molecule has 0 fully saturated rings. The maximum atomic E-state index is 13.3. The highest BCUT2D eigenvalue weighted by Crippen LogP contribution is 2.34. The number of aromatic nitrogens is 2. The molecule has 3 aromatic carbocycles. The quantitative estimate of drug-likeness (QED) is 0.469. The second kappa shape index (κ2) is 8.66. The molecule has 8 heteroatoms. The molecule has 0 aliphatic heterocycles. The molecule has 0 spiro atoms. The van der Waals surface area contributed by atoms with Crippen molar-refractivity contribution < 1.29 is 18.7 Å². The molecule has 0 saturated carbocycles. The van der Waals surface area contributed by atoms with Crippen LogP contribution in [0.1, 0.15) is 10.4 Å². The van der Waals surface area contributed by atoms with Gasteiger partial charge in [0.15, 0.2) is 11.5 Å². The molecule has 1 heterocycles. The average molecular weight is 418 g/mol. The summed E-state index contributed by atoms with van der Waals surface area (Å²) in [6, 6.07) is 16.2. The number of amides is 1. The Morgan fingerprint density at radius 2 is 1.61 bits per heavy atom. The minimum absolute atomic E-state index is 0.249. The van der Waals surface area contributed by atoms with E-state index in [1.54, 1.807) is 50.6 Å². The maximum Gasteiger partial charge on any atom is 0.255 e. The molecule has 0 atom stereocenters. The van der Waals surface area contributed by atoms with Crippen molar-refractivity contribution in [3.8, 4) is 11.5 Å². The first-order chi connectivity index (χ1) is 15.1. The van der Waals surface area contributed by atoms with Crippen LogP contribution in [0.3, 0.4) is 0 Å². The van der Waals surface area contributed by atoms with Gasteiger partial charge in [-0.05, 0) is 48.5 Å². The summed E-state index contributed by atoms with van der Waals surface area (Å²) in [4.78, 5) is 20.9. The fourth-order valence-electron chi connectivity index (χ4n) is 3.09. The molecule has 4 rings (SSSR count). The fraction of sp³-hybridized carbons (Fsp3) is 0.0870. The summed E-state index contributed by atoms with van der Waals surface area (Å²) in [5.41, 5.74) is 2.30. The Hall–Kier alpha value is -4.20. The lowest BCUT2D eigenvalue weighted by Gasteiger charge is -2.12. The highest BCUT2D eigenvalue weighted by Gasteiger charge is 2.11. The number of benzene rings is 3. The Bertz CT molecular complexity index is 1250. The molecule has 0 saturated heterocycles. The SMILES string of the molecule is COc1cc2ncnc(Nc3ccc(NC(=O)c4cccc(F)c4)cc3)c2cc1OC. The van der Waals surface area contributed by atoms with Crippen molar-refractivity contribution in [2.45, 2.75) is 0 Å². The number of rotatable bonds is 6. The van der Waals surface area contributed by atoms with Gasteiger partial charge in [-0.25, -0.2) is 14.4 Å². The number of carbonyl (C=O) groups is 1. The molecule has 0 unspecified atom stereocenters.